The molecule has 1 N–H and O–H groups in total. The molecule has 0 atom stereocenters. The minimum absolute atomic E-state index is 0.153. The molecule has 0 saturated heterocycles. The number of anilines is 1. The Balaban J connectivity index is 1.82. The van der Waals surface area contributed by atoms with E-state index in [9.17, 15) is 4.79 Å². The van der Waals surface area contributed by atoms with Crippen molar-refractivity contribution in [1.82, 2.24) is 0 Å². The van der Waals surface area contributed by atoms with Gasteiger partial charge in [-0.3, -0.25) is 4.79 Å². The maximum Gasteiger partial charge on any atom is 0.255 e. The van der Waals surface area contributed by atoms with Crippen LogP contribution < -0.4 is 14.8 Å². The lowest BCUT2D eigenvalue weighted by Crippen LogP contribution is -2.14. The van der Waals surface area contributed by atoms with Crippen LogP contribution in [0.25, 0.3) is 0 Å². The van der Waals surface area contributed by atoms with E-state index in [1.807, 2.05) is 51.1 Å². The Morgan fingerprint density at radius 2 is 1.55 bits per heavy atom. The Kier molecular flexibility index (Phi) is 6.23. The highest BCUT2D eigenvalue weighted by Gasteiger charge is 2.14. The molecule has 3 aromatic rings. The molecule has 150 valence electrons. The molecular weight excluding hydrogens is 362 g/mol. The van der Waals surface area contributed by atoms with Gasteiger partial charge in [-0.2, -0.15) is 0 Å². The number of hydrogen-bond donors (Lipinski definition) is 1. The second-order valence-electron chi connectivity index (χ2n) is 7.31. The number of para-hydroxylation sites is 1. The molecule has 0 unspecified atom stereocenters. The maximum atomic E-state index is 12.9. The number of benzene rings is 3. The van der Waals surface area contributed by atoms with E-state index in [-0.39, 0.29) is 5.91 Å². The smallest absolute Gasteiger partial charge is 0.255 e. The molecule has 4 nitrogen and oxygen atoms in total. The van der Waals surface area contributed by atoms with Gasteiger partial charge in [-0.1, -0.05) is 35.9 Å². The number of rotatable bonds is 6. The zero-order valence-corrected chi connectivity index (χ0v) is 17.6. The van der Waals surface area contributed by atoms with Crippen molar-refractivity contribution in [1.29, 1.82) is 0 Å². The standard InChI is InChI=1S/C25H27NO3/c1-16-12-18(3)24(19(4)13-16)26-25(27)20-10-11-23(28-5)21(14-20)15-29-22-9-7-6-8-17(22)2/h6-14H,15H2,1-5H3,(H,26,27). The van der Waals surface area contributed by atoms with E-state index in [1.165, 1.54) is 5.56 Å². The number of hydrogen-bond acceptors (Lipinski definition) is 3. The largest absolute Gasteiger partial charge is 0.496 e. The summed E-state index contributed by atoms with van der Waals surface area (Å²) in [5, 5.41) is 3.05. The van der Waals surface area contributed by atoms with Crippen LogP contribution in [-0.2, 0) is 6.61 Å². The molecule has 0 aliphatic rings. The topological polar surface area (TPSA) is 47.6 Å². The van der Waals surface area contributed by atoms with Gasteiger partial charge >= 0.3 is 0 Å². The number of carbonyl (C=O) groups excluding carboxylic acids is 1. The lowest BCUT2D eigenvalue weighted by molar-refractivity contribution is 0.102. The summed E-state index contributed by atoms with van der Waals surface area (Å²) in [5.74, 6) is 1.35. The number of carbonyl (C=O) groups is 1. The van der Waals surface area contributed by atoms with Crippen LogP contribution >= 0.6 is 0 Å². The summed E-state index contributed by atoms with van der Waals surface area (Å²) < 4.78 is 11.4. The molecule has 0 bridgehead atoms. The van der Waals surface area contributed by atoms with Gasteiger partial charge in [0.05, 0.1) is 7.11 Å². The fourth-order valence-corrected chi connectivity index (χ4v) is 3.47. The Bertz CT molecular complexity index is 1020. The number of ether oxygens (including phenoxy) is 2. The predicted octanol–water partition coefficient (Wildman–Crippen LogP) is 5.76. The third kappa shape index (κ3) is 4.77. The molecule has 0 aliphatic heterocycles. The van der Waals surface area contributed by atoms with E-state index in [4.69, 9.17) is 9.47 Å². The molecular formula is C25H27NO3. The molecule has 29 heavy (non-hydrogen) atoms. The van der Waals surface area contributed by atoms with Gasteiger partial charge in [0.2, 0.25) is 0 Å². The summed E-state index contributed by atoms with van der Waals surface area (Å²) in [4.78, 5) is 12.9. The highest BCUT2D eigenvalue weighted by Crippen LogP contribution is 2.26. The van der Waals surface area contributed by atoms with Crippen LogP contribution in [0.15, 0.2) is 54.6 Å². The molecule has 0 aliphatic carbocycles. The molecule has 3 rings (SSSR count). The second-order valence-corrected chi connectivity index (χ2v) is 7.31. The van der Waals surface area contributed by atoms with E-state index in [0.29, 0.717) is 17.9 Å². The fourth-order valence-electron chi connectivity index (χ4n) is 3.47. The van der Waals surface area contributed by atoms with Crippen molar-refractivity contribution in [3.63, 3.8) is 0 Å². The average Bonchev–Trinajstić information content (AvgIpc) is 2.69. The molecule has 4 heteroatoms. The lowest BCUT2D eigenvalue weighted by Gasteiger charge is -2.15. The lowest BCUT2D eigenvalue weighted by atomic mass is 10.0. The van der Waals surface area contributed by atoms with Crippen molar-refractivity contribution in [3.05, 3.63) is 88.0 Å². The zero-order valence-electron chi connectivity index (χ0n) is 17.6. The molecule has 0 saturated carbocycles. The zero-order chi connectivity index (χ0) is 21.0. The van der Waals surface area contributed by atoms with Crippen molar-refractivity contribution in [2.75, 3.05) is 12.4 Å². The second kappa shape index (κ2) is 8.82. The predicted molar refractivity (Wildman–Crippen MR) is 117 cm³/mol. The fraction of sp³-hybridized carbons (Fsp3) is 0.240. The Morgan fingerprint density at radius 3 is 2.21 bits per heavy atom. The van der Waals surface area contributed by atoms with Crippen LogP contribution in [0.1, 0.15) is 38.2 Å². The first kappa shape index (κ1) is 20.5. The van der Waals surface area contributed by atoms with E-state index in [2.05, 4.69) is 24.4 Å². The van der Waals surface area contributed by atoms with Gasteiger partial charge < -0.3 is 14.8 Å². The van der Waals surface area contributed by atoms with Crippen molar-refractivity contribution >= 4 is 11.6 Å². The summed E-state index contributed by atoms with van der Waals surface area (Å²) >= 11 is 0. The van der Waals surface area contributed by atoms with Crippen LogP contribution in [0.2, 0.25) is 0 Å². The Labute approximate surface area is 172 Å². The third-order valence-corrected chi connectivity index (χ3v) is 4.93. The molecule has 0 spiro atoms. The molecule has 0 aromatic heterocycles. The van der Waals surface area contributed by atoms with E-state index >= 15 is 0 Å². The normalized spacial score (nSPS) is 10.5. The minimum atomic E-state index is -0.153. The summed E-state index contributed by atoms with van der Waals surface area (Å²) in [7, 11) is 1.62. The minimum Gasteiger partial charge on any atom is -0.496 e. The van der Waals surface area contributed by atoms with Crippen LogP contribution in [-0.4, -0.2) is 13.0 Å². The van der Waals surface area contributed by atoms with Crippen molar-refractivity contribution in [2.45, 2.75) is 34.3 Å². The number of methoxy groups -OCH3 is 1. The number of aryl methyl sites for hydroxylation is 4. The van der Waals surface area contributed by atoms with Crippen molar-refractivity contribution < 1.29 is 14.3 Å². The first-order chi connectivity index (χ1) is 13.9. The Morgan fingerprint density at radius 1 is 0.862 bits per heavy atom. The summed E-state index contributed by atoms with van der Waals surface area (Å²) in [5.41, 5.74) is 6.58. The van der Waals surface area contributed by atoms with Crippen molar-refractivity contribution in [3.8, 4) is 11.5 Å². The van der Waals surface area contributed by atoms with E-state index in [0.717, 1.165) is 33.7 Å². The quantitative estimate of drug-likeness (QED) is 0.583. The first-order valence-electron chi connectivity index (χ1n) is 9.63. The van der Waals surface area contributed by atoms with Gasteiger partial charge in [0.1, 0.15) is 18.1 Å². The van der Waals surface area contributed by atoms with E-state index < -0.39 is 0 Å². The van der Waals surface area contributed by atoms with Crippen LogP contribution in [0.3, 0.4) is 0 Å². The van der Waals surface area contributed by atoms with Crippen LogP contribution in [0.5, 0.6) is 11.5 Å². The molecule has 0 heterocycles. The molecule has 0 radical (unpaired) electrons. The third-order valence-electron chi connectivity index (χ3n) is 4.93. The highest BCUT2D eigenvalue weighted by molar-refractivity contribution is 6.05. The monoisotopic (exact) mass is 389 g/mol. The van der Waals surface area contributed by atoms with Gasteiger partial charge in [0, 0.05) is 16.8 Å². The SMILES string of the molecule is COc1ccc(C(=O)Nc2c(C)cc(C)cc2C)cc1COc1ccccc1C. The molecule has 3 aromatic carbocycles. The molecule has 0 fully saturated rings. The van der Waals surface area contributed by atoms with Gasteiger partial charge in [-0.05, 0) is 68.7 Å². The average molecular weight is 389 g/mol. The molecule has 1 amide bonds. The van der Waals surface area contributed by atoms with Gasteiger partial charge in [0.15, 0.2) is 0 Å². The summed E-state index contributed by atoms with van der Waals surface area (Å²) in [6, 6.07) is 17.4. The number of nitrogens with one attached hydrogen (secondary N) is 1. The maximum absolute atomic E-state index is 12.9. The van der Waals surface area contributed by atoms with Gasteiger partial charge in [-0.15, -0.1) is 0 Å². The summed E-state index contributed by atoms with van der Waals surface area (Å²) in [6.45, 7) is 8.38. The van der Waals surface area contributed by atoms with Crippen LogP contribution in [0, 0.1) is 27.7 Å². The van der Waals surface area contributed by atoms with Gasteiger partial charge in [0.25, 0.3) is 5.91 Å². The first-order valence-corrected chi connectivity index (χ1v) is 9.63. The van der Waals surface area contributed by atoms with Crippen molar-refractivity contribution in [2.24, 2.45) is 0 Å². The van der Waals surface area contributed by atoms with Gasteiger partial charge in [-0.25, -0.2) is 0 Å². The van der Waals surface area contributed by atoms with E-state index in [1.54, 1.807) is 19.2 Å². The summed E-state index contributed by atoms with van der Waals surface area (Å²) in [6.07, 6.45) is 0. The Hall–Kier alpha value is -3.27. The number of amides is 1. The van der Waals surface area contributed by atoms with Crippen LogP contribution in [0.4, 0.5) is 5.69 Å². The highest BCUT2D eigenvalue weighted by atomic mass is 16.5.